The molecule has 0 amide bonds. The summed E-state index contributed by atoms with van der Waals surface area (Å²) in [6.45, 7) is 13.9. The highest BCUT2D eigenvalue weighted by Gasteiger charge is 2.30. The van der Waals surface area contributed by atoms with Crippen LogP contribution in [0.1, 0.15) is 319 Å². The van der Waals surface area contributed by atoms with Gasteiger partial charge in [0.25, 0.3) is 0 Å². The number of aliphatic hydroxyl groups is 1. The molecule has 0 aliphatic carbocycles. The number of unbranched alkanes of at least 4 members (excludes halogenated alkanes) is 29. The van der Waals surface area contributed by atoms with Crippen LogP contribution in [0, 0.1) is 23.7 Å². The fourth-order valence-corrected chi connectivity index (χ4v) is 11.4. The van der Waals surface area contributed by atoms with E-state index in [0.717, 1.165) is 108 Å². The highest BCUT2D eigenvalue weighted by atomic mass is 31.2. The molecule has 0 aromatic heterocycles. The lowest BCUT2D eigenvalue weighted by Gasteiger charge is -2.21. The molecule has 0 aromatic carbocycles. The molecule has 5 atom stereocenters. The summed E-state index contributed by atoms with van der Waals surface area (Å²) >= 11 is 0. The zero-order valence-corrected chi connectivity index (χ0v) is 57.0. The molecule has 0 aliphatic heterocycles. The van der Waals surface area contributed by atoms with Crippen molar-refractivity contribution in [2.24, 2.45) is 23.7 Å². The number of esters is 4. The molecule has 0 aliphatic rings. The Morgan fingerprint density at radius 2 is 0.494 bits per heavy atom. The van der Waals surface area contributed by atoms with Crippen molar-refractivity contribution in [2.75, 3.05) is 39.6 Å². The minimum atomic E-state index is -4.95. The van der Waals surface area contributed by atoms with E-state index < -0.39 is 97.5 Å². The van der Waals surface area contributed by atoms with E-state index in [1.54, 1.807) is 0 Å². The van der Waals surface area contributed by atoms with Crippen LogP contribution < -0.4 is 0 Å². The zero-order valence-electron chi connectivity index (χ0n) is 55.2. The lowest BCUT2D eigenvalue weighted by atomic mass is 10.0. The third-order valence-corrected chi connectivity index (χ3v) is 17.0. The van der Waals surface area contributed by atoms with Gasteiger partial charge in [0.15, 0.2) is 12.2 Å². The minimum Gasteiger partial charge on any atom is -0.462 e. The van der Waals surface area contributed by atoms with Gasteiger partial charge >= 0.3 is 39.5 Å². The molecule has 0 spiro atoms. The molecule has 0 saturated heterocycles. The topological polar surface area (TPSA) is 237 Å². The molecular weight excluding hydrogens is 1130 g/mol. The number of hydrogen-bond acceptors (Lipinski definition) is 15. The summed E-state index contributed by atoms with van der Waals surface area (Å²) in [5, 5.41) is 10.5. The quantitative estimate of drug-likeness (QED) is 0.0222. The Morgan fingerprint density at radius 1 is 0.294 bits per heavy atom. The number of ether oxygens (including phenoxy) is 4. The third-order valence-electron chi connectivity index (χ3n) is 15.1. The Morgan fingerprint density at radius 3 is 0.729 bits per heavy atom. The maximum absolute atomic E-state index is 13.0. The maximum Gasteiger partial charge on any atom is 0.472 e. The fraction of sp³-hybridized carbons (Fsp3) is 0.939. The molecular formula is C66H128O17P2. The van der Waals surface area contributed by atoms with Gasteiger partial charge in [0.1, 0.15) is 19.3 Å². The molecule has 0 saturated carbocycles. The van der Waals surface area contributed by atoms with Crippen LogP contribution in [0.3, 0.4) is 0 Å². The number of phosphoric ester groups is 2. The van der Waals surface area contributed by atoms with Crippen molar-refractivity contribution in [3.63, 3.8) is 0 Å². The van der Waals surface area contributed by atoms with Crippen molar-refractivity contribution >= 4 is 39.5 Å². The summed E-state index contributed by atoms with van der Waals surface area (Å²) < 4.78 is 68.0. The Hall–Kier alpha value is -1.94. The Labute approximate surface area is 517 Å². The minimum absolute atomic E-state index is 0.100. The van der Waals surface area contributed by atoms with E-state index in [9.17, 15) is 43.2 Å². The summed E-state index contributed by atoms with van der Waals surface area (Å²) in [7, 11) is -9.89. The molecule has 17 nitrogen and oxygen atoms in total. The van der Waals surface area contributed by atoms with E-state index in [0.29, 0.717) is 37.5 Å². The SMILES string of the molecule is CC(C)CCCCCCCCCCCCCCC(=O)O[C@H](COC(=O)CCCCCCCCCCCC(C)C)COP(=O)(O)OC[C@@H](O)COP(=O)(O)OC[C@@H](COC(=O)CCCCCCCCC(C)C)OC(=O)CCCCCCCCC(C)C. The maximum atomic E-state index is 13.0. The molecule has 504 valence electrons. The summed E-state index contributed by atoms with van der Waals surface area (Å²) in [6.07, 6.45) is 36.5. The number of aliphatic hydroxyl groups excluding tert-OH is 1. The van der Waals surface area contributed by atoms with Gasteiger partial charge < -0.3 is 33.8 Å². The molecule has 0 fully saturated rings. The molecule has 0 heterocycles. The first-order valence-electron chi connectivity index (χ1n) is 34.2. The van der Waals surface area contributed by atoms with Crippen molar-refractivity contribution in [1.82, 2.24) is 0 Å². The van der Waals surface area contributed by atoms with Crippen LogP contribution in [0.2, 0.25) is 0 Å². The summed E-state index contributed by atoms with van der Waals surface area (Å²) in [5.74, 6) is 0.729. The van der Waals surface area contributed by atoms with Crippen LogP contribution in [0.15, 0.2) is 0 Å². The highest BCUT2D eigenvalue weighted by Crippen LogP contribution is 2.45. The highest BCUT2D eigenvalue weighted by molar-refractivity contribution is 7.47. The number of carbonyl (C=O) groups excluding carboxylic acids is 4. The molecule has 0 radical (unpaired) electrons. The van der Waals surface area contributed by atoms with Crippen molar-refractivity contribution in [3.05, 3.63) is 0 Å². The van der Waals surface area contributed by atoms with Crippen LogP contribution >= 0.6 is 15.6 Å². The summed E-state index contributed by atoms with van der Waals surface area (Å²) in [5.41, 5.74) is 0. The van der Waals surface area contributed by atoms with E-state index in [1.165, 1.54) is 116 Å². The Bertz CT molecular complexity index is 1700. The second-order valence-corrected chi connectivity index (χ2v) is 28.7. The second-order valence-electron chi connectivity index (χ2n) is 25.8. The third kappa shape index (κ3) is 60.7. The molecule has 0 aromatic rings. The van der Waals surface area contributed by atoms with Crippen molar-refractivity contribution in [1.29, 1.82) is 0 Å². The van der Waals surface area contributed by atoms with Crippen LogP contribution in [0.5, 0.6) is 0 Å². The Balaban J connectivity index is 5.24. The first-order chi connectivity index (χ1) is 40.6. The van der Waals surface area contributed by atoms with Crippen molar-refractivity contribution in [2.45, 2.75) is 337 Å². The number of rotatable bonds is 63. The van der Waals surface area contributed by atoms with Crippen molar-refractivity contribution < 1.29 is 80.2 Å². The van der Waals surface area contributed by atoms with Gasteiger partial charge in [-0.25, -0.2) is 9.13 Å². The van der Waals surface area contributed by atoms with Gasteiger partial charge in [0, 0.05) is 25.7 Å². The van der Waals surface area contributed by atoms with Gasteiger partial charge in [0.2, 0.25) is 0 Å². The van der Waals surface area contributed by atoms with Gasteiger partial charge in [-0.1, -0.05) is 267 Å². The van der Waals surface area contributed by atoms with Crippen LogP contribution in [-0.4, -0.2) is 96.7 Å². The zero-order chi connectivity index (χ0) is 63.2. The monoisotopic (exact) mass is 1250 g/mol. The molecule has 0 rings (SSSR count). The first-order valence-corrected chi connectivity index (χ1v) is 37.2. The van der Waals surface area contributed by atoms with E-state index in [1.807, 2.05) is 0 Å². The Kier molecular flexibility index (Phi) is 54.8. The summed E-state index contributed by atoms with van der Waals surface area (Å²) in [4.78, 5) is 72.3. The normalized spacial score (nSPS) is 14.4. The smallest absolute Gasteiger partial charge is 0.462 e. The van der Waals surface area contributed by atoms with Gasteiger partial charge in [-0.2, -0.15) is 0 Å². The van der Waals surface area contributed by atoms with E-state index in [2.05, 4.69) is 55.4 Å². The summed E-state index contributed by atoms with van der Waals surface area (Å²) in [6, 6.07) is 0. The molecule has 3 N–H and O–H groups in total. The fourth-order valence-electron chi connectivity index (χ4n) is 9.78. The standard InChI is InChI=1S/C66H128O17P2/c1-56(2)42-34-26-18-14-11-9-10-12-16-21-32-40-48-65(70)82-61(52-76-63(68)46-38-30-20-17-13-15-19-27-35-43-57(3)4)54-80-84(72,73)78-50-60(67)51-79-85(74,75)81-55-62(83-66(71)49-41-33-25-23-29-37-45-59(7)8)53-77-64(69)47-39-31-24-22-28-36-44-58(5)6/h56-62,67H,9-55H2,1-8H3,(H,72,73)(H,74,75)/t60-,61-,62-/m1/s1. The molecule has 85 heavy (non-hydrogen) atoms. The number of phosphoric acid groups is 2. The van der Waals surface area contributed by atoms with E-state index in [-0.39, 0.29) is 25.7 Å². The average Bonchev–Trinajstić information content (AvgIpc) is 3.50. The molecule has 2 unspecified atom stereocenters. The van der Waals surface area contributed by atoms with Crippen molar-refractivity contribution in [3.8, 4) is 0 Å². The van der Waals surface area contributed by atoms with Crippen LogP contribution in [0.4, 0.5) is 0 Å². The molecule has 0 bridgehead atoms. The second kappa shape index (κ2) is 56.1. The van der Waals surface area contributed by atoms with Crippen LogP contribution in [-0.2, 0) is 65.4 Å². The lowest BCUT2D eigenvalue weighted by molar-refractivity contribution is -0.161. The average molecular weight is 1260 g/mol. The molecule has 19 heteroatoms. The van der Waals surface area contributed by atoms with Crippen LogP contribution in [0.25, 0.3) is 0 Å². The first kappa shape index (κ1) is 83.1. The predicted molar refractivity (Wildman–Crippen MR) is 340 cm³/mol. The van der Waals surface area contributed by atoms with Gasteiger partial charge in [-0.05, 0) is 49.4 Å². The number of carbonyl (C=O) groups is 4. The van der Waals surface area contributed by atoms with Gasteiger partial charge in [-0.15, -0.1) is 0 Å². The van der Waals surface area contributed by atoms with E-state index in [4.69, 9.17) is 37.0 Å². The van der Waals surface area contributed by atoms with E-state index >= 15 is 0 Å². The number of hydrogen-bond donors (Lipinski definition) is 3. The largest absolute Gasteiger partial charge is 0.472 e. The lowest BCUT2D eigenvalue weighted by Crippen LogP contribution is -2.30. The van der Waals surface area contributed by atoms with Gasteiger partial charge in [0.05, 0.1) is 26.4 Å². The predicted octanol–water partition coefficient (Wildman–Crippen LogP) is 18.1. The van der Waals surface area contributed by atoms with Gasteiger partial charge in [-0.3, -0.25) is 37.3 Å².